The van der Waals surface area contributed by atoms with Crippen LogP contribution in [0, 0.1) is 34.0 Å². The average Bonchev–Trinajstić information content (AvgIpc) is 2.61. The molecule has 1 aliphatic carbocycles. The first-order valence-corrected chi connectivity index (χ1v) is 8.86. The van der Waals surface area contributed by atoms with Gasteiger partial charge in [0.05, 0.1) is 23.4 Å². The van der Waals surface area contributed by atoms with Gasteiger partial charge in [-0.3, -0.25) is 0 Å². The minimum Gasteiger partial charge on any atom is -0.478 e. The van der Waals surface area contributed by atoms with Crippen LogP contribution in [0.3, 0.4) is 0 Å². The maximum atomic E-state index is 11.9. The molecule has 0 aromatic heterocycles. The van der Waals surface area contributed by atoms with Gasteiger partial charge in [0, 0.05) is 29.4 Å². The number of hydrogen-bond acceptors (Lipinski definition) is 5. The number of fused-ring (bicyclic) bond motifs is 1. The van der Waals surface area contributed by atoms with E-state index in [0.29, 0.717) is 18.7 Å². The van der Waals surface area contributed by atoms with Crippen molar-refractivity contribution in [3.8, 4) is 12.1 Å². The monoisotopic (exact) mass is 412 g/mol. The smallest absolute Gasteiger partial charge is 0.337 e. The summed E-state index contributed by atoms with van der Waals surface area (Å²) in [6, 6.07) is 11.5. The van der Waals surface area contributed by atoms with Gasteiger partial charge >= 0.3 is 5.97 Å². The molecule has 1 aromatic rings. The predicted molar refractivity (Wildman–Crippen MR) is 98.5 cm³/mol. The van der Waals surface area contributed by atoms with Crippen LogP contribution in [0.15, 0.2) is 51.7 Å². The number of hydrogen-bond donors (Lipinski definition) is 2. The van der Waals surface area contributed by atoms with Crippen LogP contribution >= 0.6 is 15.9 Å². The maximum Gasteiger partial charge on any atom is 0.337 e. The van der Waals surface area contributed by atoms with Gasteiger partial charge in [-0.2, -0.15) is 10.5 Å². The van der Waals surface area contributed by atoms with Crippen molar-refractivity contribution in [3.05, 3.63) is 57.2 Å². The number of allylic oxidation sites excluding steroid dienone is 1. The van der Waals surface area contributed by atoms with Gasteiger partial charge in [-0.15, -0.1) is 0 Å². The zero-order chi connectivity index (χ0) is 19.1. The van der Waals surface area contributed by atoms with E-state index in [1.807, 2.05) is 42.3 Å². The Morgan fingerprint density at radius 2 is 2.04 bits per heavy atom. The van der Waals surface area contributed by atoms with Crippen molar-refractivity contribution in [2.24, 2.45) is 17.1 Å². The summed E-state index contributed by atoms with van der Waals surface area (Å²) in [5.41, 5.74) is 5.53. The van der Waals surface area contributed by atoms with Crippen molar-refractivity contribution in [1.29, 1.82) is 10.5 Å². The molecule has 26 heavy (non-hydrogen) atoms. The lowest BCUT2D eigenvalue weighted by Crippen LogP contribution is -2.48. The molecule has 0 saturated carbocycles. The second-order valence-electron chi connectivity index (χ2n) is 6.61. The second kappa shape index (κ2) is 6.60. The Morgan fingerprint density at radius 3 is 2.62 bits per heavy atom. The number of aliphatic carboxylic acids is 1. The third-order valence-corrected chi connectivity index (χ3v) is 5.91. The molecular formula is C19H17BrN4O2. The number of nitriles is 2. The van der Waals surface area contributed by atoms with Crippen LogP contribution in [-0.4, -0.2) is 36.1 Å². The number of carboxylic acid groups (broad SMARTS) is 1. The summed E-state index contributed by atoms with van der Waals surface area (Å²) in [4.78, 5) is 14.0. The lowest BCUT2D eigenvalue weighted by molar-refractivity contribution is -0.132. The van der Waals surface area contributed by atoms with E-state index in [-0.39, 0.29) is 17.2 Å². The number of nitrogens with two attached hydrogens (primary N) is 1. The number of rotatable bonds is 2. The van der Waals surface area contributed by atoms with Gasteiger partial charge < -0.3 is 15.7 Å². The zero-order valence-electron chi connectivity index (χ0n) is 14.1. The highest BCUT2D eigenvalue weighted by atomic mass is 79.9. The first-order valence-electron chi connectivity index (χ1n) is 8.06. The molecule has 0 fully saturated rings. The largest absolute Gasteiger partial charge is 0.478 e. The molecule has 0 radical (unpaired) electrons. The number of likely N-dealkylation sites (N-methyl/N-ethyl adjacent to an activating group) is 1. The summed E-state index contributed by atoms with van der Waals surface area (Å²) in [6.07, 6.45) is 1.84. The summed E-state index contributed by atoms with van der Waals surface area (Å²) in [5, 5.41) is 29.7. The Labute approximate surface area is 159 Å². The molecule has 1 heterocycles. The summed E-state index contributed by atoms with van der Waals surface area (Å²) < 4.78 is 0.763. The Kier molecular flexibility index (Phi) is 4.62. The Bertz CT molecular complexity index is 908. The predicted octanol–water partition coefficient (Wildman–Crippen LogP) is 2.37. The lowest BCUT2D eigenvalue weighted by Gasteiger charge is -2.45. The summed E-state index contributed by atoms with van der Waals surface area (Å²) in [7, 11) is 1.92. The van der Waals surface area contributed by atoms with E-state index < -0.39 is 17.3 Å². The molecule has 0 spiro atoms. The van der Waals surface area contributed by atoms with Crippen LogP contribution in [0.25, 0.3) is 0 Å². The number of carbonyl (C=O) groups is 1. The Hall–Kier alpha value is -2.61. The van der Waals surface area contributed by atoms with Crippen molar-refractivity contribution >= 4 is 21.9 Å². The van der Waals surface area contributed by atoms with Crippen molar-refractivity contribution < 1.29 is 9.90 Å². The number of halogens is 1. The van der Waals surface area contributed by atoms with Crippen molar-refractivity contribution in [1.82, 2.24) is 4.90 Å². The van der Waals surface area contributed by atoms with Gasteiger partial charge in [0.1, 0.15) is 0 Å². The van der Waals surface area contributed by atoms with Crippen LogP contribution in [0.4, 0.5) is 0 Å². The Balaban J connectivity index is 2.39. The molecule has 2 aliphatic rings. The topological polar surface area (TPSA) is 114 Å². The number of carboxylic acids is 1. The van der Waals surface area contributed by atoms with E-state index in [4.69, 9.17) is 5.73 Å². The zero-order valence-corrected chi connectivity index (χ0v) is 15.7. The fourth-order valence-corrected chi connectivity index (χ4v) is 4.54. The first-order chi connectivity index (χ1) is 12.4. The molecule has 1 aliphatic heterocycles. The van der Waals surface area contributed by atoms with Gasteiger partial charge in [0.25, 0.3) is 0 Å². The van der Waals surface area contributed by atoms with Crippen LogP contribution < -0.4 is 5.73 Å². The summed E-state index contributed by atoms with van der Waals surface area (Å²) >= 11 is 3.51. The van der Waals surface area contributed by atoms with E-state index in [9.17, 15) is 20.4 Å². The first kappa shape index (κ1) is 18.2. The van der Waals surface area contributed by atoms with E-state index in [1.165, 1.54) is 0 Å². The molecule has 132 valence electrons. The second-order valence-corrected chi connectivity index (χ2v) is 7.47. The van der Waals surface area contributed by atoms with E-state index >= 15 is 0 Å². The Morgan fingerprint density at radius 1 is 1.38 bits per heavy atom. The molecule has 6 nitrogen and oxygen atoms in total. The van der Waals surface area contributed by atoms with Crippen LogP contribution in [0.2, 0.25) is 0 Å². The standard InChI is InChI=1S/C19H17BrN4O2/c1-24-7-6-11-13(8-24)16(12-4-2-3-5-14(12)20)19(9-21,10-22)17(23)15(11)18(25)26/h2-6,13,16H,7-8,23H2,1H3,(H,25,26)/t13-,16-/m1/s1. The molecular weight excluding hydrogens is 396 g/mol. The third kappa shape index (κ3) is 2.52. The van der Waals surface area contributed by atoms with E-state index in [0.717, 1.165) is 10.0 Å². The molecule has 7 heteroatoms. The quantitative estimate of drug-likeness (QED) is 0.770. The number of benzene rings is 1. The SMILES string of the molecule is CN1CC=C2C(C(=O)O)=C(N)C(C#N)(C#N)[C@H](c3ccccc3Br)[C@@H]2C1. The van der Waals surface area contributed by atoms with Crippen molar-refractivity contribution in [3.63, 3.8) is 0 Å². The highest BCUT2D eigenvalue weighted by Crippen LogP contribution is 2.55. The fraction of sp³-hybridized carbons (Fsp3) is 0.316. The normalized spacial score (nSPS) is 24.8. The molecule has 0 unspecified atom stereocenters. The van der Waals surface area contributed by atoms with Crippen LogP contribution in [0.5, 0.6) is 0 Å². The minimum atomic E-state index is -1.75. The van der Waals surface area contributed by atoms with Gasteiger partial charge in [-0.1, -0.05) is 40.2 Å². The summed E-state index contributed by atoms with van der Waals surface area (Å²) in [6.45, 7) is 1.12. The molecule has 3 rings (SSSR count). The molecule has 3 N–H and O–H groups in total. The van der Waals surface area contributed by atoms with Crippen LogP contribution in [-0.2, 0) is 4.79 Å². The average molecular weight is 413 g/mol. The van der Waals surface area contributed by atoms with Crippen molar-refractivity contribution in [2.75, 3.05) is 20.1 Å². The lowest BCUT2D eigenvalue weighted by atomic mass is 9.58. The number of nitrogens with zero attached hydrogens (tertiary/aromatic N) is 3. The fourth-order valence-electron chi connectivity index (χ4n) is 4.01. The van der Waals surface area contributed by atoms with Gasteiger partial charge in [-0.25, -0.2) is 4.79 Å². The molecule has 0 saturated heterocycles. The van der Waals surface area contributed by atoms with E-state index in [2.05, 4.69) is 28.1 Å². The highest BCUT2D eigenvalue weighted by Gasteiger charge is 2.55. The maximum absolute atomic E-state index is 11.9. The molecule has 1 aromatic carbocycles. The van der Waals surface area contributed by atoms with Gasteiger partial charge in [0.2, 0.25) is 0 Å². The molecule has 0 amide bonds. The minimum absolute atomic E-state index is 0.102. The van der Waals surface area contributed by atoms with Crippen LogP contribution in [0.1, 0.15) is 11.5 Å². The highest BCUT2D eigenvalue weighted by molar-refractivity contribution is 9.10. The summed E-state index contributed by atoms with van der Waals surface area (Å²) in [5.74, 6) is -2.11. The molecule has 2 atom stereocenters. The van der Waals surface area contributed by atoms with Gasteiger partial charge in [-0.05, 0) is 24.3 Å². The molecule has 0 bridgehead atoms. The van der Waals surface area contributed by atoms with E-state index in [1.54, 1.807) is 0 Å². The third-order valence-electron chi connectivity index (χ3n) is 5.19. The van der Waals surface area contributed by atoms with Crippen molar-refractivity contribution in [2.45, 2.75) is 5.92 Å². The van der Waals surface area contributed by atoms with Gasteiger partial charge in [0.15, 0.2) is 5.41 Å².